The van der Waals surface area contributed by atoms with Crippen molar-refractivity contribution < 1.29 is 4.74 Å². The smallest absolute Gasteiger partial charge is 0.126 e. The lowest BCUT2D eigenvalue weighted by Crippen LogP contribution is -2.07. The Morgan fingerprint density at radius 3 is 2.74 bits per heavy atom. The number of ether oxygens (including phenoxy) is 1. The van der Waals surface area contributed by atoms with E-state index in [1.165, 1.54) is 5.56 Å². The van der Waals surface area contributed by atoms with Gasteiger partial charge in [0.1, 0.15) is 11.6 Å². The van der Waals surface area contributed by atoms with Gasteiger partial charge in [-0.1, -0.05) is 24.3 Å². The lowest BCUT2D eigenvalue weighted by atomic mass is 10.1. The highest BCUT2D eigenvalue weighted by Crippen LogP contribution is 2.18. The van der Waals surface area contributed by atoms with Crippen LogP contribution in [-0.2, 0) is 6.42 Å². The van der Waals surface area contributed by atoms with E-state index >= 15 is 0 Å². The van der Waals surface area contributed by atoms with Gasteiger partial charge in [-0.2, -0.15) is 0 Å². The number of hydrogen-bond donors (Lipinski definition) is 1. The van der Waals surface area contributed by atoms with Crippen molar-refractivity contribution in [2.45, 2.75) is 20.3 Å². The van der Waals surface area contributed by atoms with Crippen molar-refractivity contribution >= 4 is 5.82 Å². The molecule has 0 saturated carbocycles. The van der Waals surface area contributed by atoms with E-state index in [4.69, 9.17) is 4.74 Å². The molecule has 3 heteroatoms. The molecule has 1 heterocycles. The van der Waals surface area contributed by atoms with E-state index in [1.807, 2.05) is 50.2 Å². The van der Waals surface area contributed by atoms with Crippen molar-refractivity contribution in [3.05, 3.63) is 53.7 Å². The molecule has 0 aliphatic rings. The van der Waals surface area contributed by atoms with Crippen LogP contribution in [0.2, 0.25) is 0 Å². The van der Waals surface area contributed by atoms with Crippen LogP contribution < -0.4 is 10.1 Å². The van der Waals surface area contributed by atoms with Gasteiger partial charge in [0, 0.05) is 12.2 Å². The van der Waals surface area contributed by atoms with Crippen LogP contribution in [0.1, 0.15) is 18.2 Å². The molecular formula is C16H20N2O. The van der Waals surface area contributed by atoms with Crippen molar-refractivity contribution in [3.8, 4) is 5.75 Å². The van der Waals surface area contributed by atoms with Crippen LogP contribution in [0.25, 0.3) is 0 Å². The minimum Gasteiger partial charge on any atom is -0.494 e. The van der Waals surface area contributed by atoms with E-state index in [2.05, 4.69) is 16.4 Å². The second-order valence-corrected chi connectivity index (χ2v) is 4.38. The number of pyridine rings is 1. The van der Waals surface area contributed by atoms with Gasteiger partial charge in [0.15, 0.2) is 0 Å². The van der Waals surface area contributed by atoms with Gasteiger partial charge in [-0.15, -0.1) is 0 Å². The zero-order chi connectivity index (χ0) is 13.5. The Hall–Kier alpha value is -2.03. The molecule has 0 bridgehead atoms. The van der Waals surface area contributed by atoms with Crippen molar-refractivity contribution in [1.29, 1.82) is 0 Å². The van der Waals surface area contributed by atoms with Gasteiger partial charge in [0.25, 0.3) is 0 Å². The third-order valence-corrected chi connectivity index (χ3v) is 2.86. The third-order valence-electron chi connectivity index (χ3n) is 2.86. The topological polar surface area (TPSA) is 34.1 Å². The predicted molar refractivity (Wildman–Crippen MR) is 78.8 cm³/mol. The van der Waals surface area contributed by atoms with Gasteiger partial charge in [-0.25, -0.2) is 4.98 Å². The first-order valence-electron chi connectivity index (χ1n) is 6.68. The molecular weight excluding hydrogens is 236 g/mol. The van der Waals surface area contributed by atoms with Crippen molar-refractivity contribution in [2.24, 2.45) is 0 Å². The summed E-state index contributed by atoms with van der Waals surface area (Å²) in [7, 11) is 0. The standard InChI is InChI=1S/C16H20N2O/c1-3-19-15-9-5-4-8-14(15)11-12-17-16-10-6-7-13(2)18-16/h4-10H,3,11-12H2,1-2H3,(H,17,18). The predicted octanol–water partition coefficient (Wildman–Crippen LogP) is 3.44. The van der Waals surface area contributed by atoms with Crippen molar-refractivity contribution in [2.75, 3.05) is 18.5 Å². The SMILES string of the molecule is CCOc1ccccc1CCNc1cccc(C)n1. The number of nitrogens with one attached hydrogen (secondary N) is 1. The molecule has 0 spiro atoms. The van der Waals surface area contributed by atoms with Crippen molar-refractivity contribution in [3.63, 3.8) is 0 Å². The number of aryl methyl sites for hydroxylation is 1. The Labute approximate surface area is 114 Å². The maximum Gasteiger partial charge on any atom is 0.126 e. The van der Waals surface area contributed by atoms with E-state index < -0.39 is 0 Å². The summed E-state index contributed by atoms with van der Waals surface area (Å²) in [5.41, 5.74) is 2.25. The second-order valence-electron chi connectivity index (χ2n) is 4.38. The number of benzene rings is 1. The first kappa shape index (κ1) is 13.4. The van der Waals surface area contributed by atoms with E-state index in [9.17, 15) is 0 Å². The Bertz CT molecular complexity index is 526. The Balaban J connectivity index is 1.92. The minimum absolute atomic E-state index is 0.698. The summed E-state index contributed by atoms with van der Waals surface area (Å²) in [6, 6.07) is 14.2. The average Bonchev–Trinajstić information content (AvgIpc) is 2.41. The quantitative estimate of drug-likeness (QED) is 0.859. The Morgan fingerprint density at radius 2 is 1.95 bits per heavy atom. The molecule has 0 radical (unpaired) electrons. The maximum absolute atomic E-state index is 5.62. The molecule has 0 atom stereocenters. The molecule has 0 unspecified atom stereocenters. The van der Waals surface area contributed by atoms with E-state index in [0.717, 1.165) is 30.2 Å². The fraction of sp³-hybridized carbons (Fsp3) is 0.312. The van der Waals surface area contributed by atoms with E-state index in [-0.39, 0.29) is 0 Å². The number of rotatable bonds is 6. The molecule has 0 fully saturated rings. The van der Waals surface area contributed by atoms with Crippen LogP contribution in [0.5, 0.6) is 5.75 Å². The maximum atomic E-state index is 5.62. The molecule has 2 rings (SSSR count). The zero-order valence-electron chi connectivity index (χ0n) is 11.5. The summed E-state index contributed by atoms with van der Waals surface area (Å²) in [4.78, 5) is 4.42. The van der Waals surface area contributed by atoms with Crippen LogP contribution in [0.4, 0.5) is 5.82 Å². The van der Waals surface area contributed by atoms with E-state index in [1.54, 1.807) is 0 Å². The molecule has 100 valence electrons. The summed E-state index contributed by atoms with van der Waals surface area (Å²) in [6.45, 7) is 5.55. The average molecular weight is 256 g/mol. The summed E-state index contributed by atoms with van der Waals surface area (Å²) < 4.78 is 5.62. The number of anilines is 1. The monoisotopic (exact) mass is 256 g/mol. The molecule has 0 aliphatic heterocycles. The first-order valence-corrected chi connectivity index (χ1v) is 6.68. The van der Waals surface area contributed by atoms with Crippen LogP contribution >= 0.6 is 0 Å². The van der Waals surface area contributed by atoms with Gasteiger partial charge in [-0.05, 0) is 44.0 Å². The van der Waals surface area contributed by atoms with Gasteiger partial charge in [0.05, 0.1) is 6.61 Å². The van der Waals surface area contributed by atoms with E-state index in [0.29, 0.717) is 6.61 Å². The summed E-state index contributed by atoms with van der Waals surface area (Å²) >= 11 is 0. The molecule has 0 saturated heterocycles. The van der Waals surface area contributed by atoms with Crippen molar-refractivity contribution in [1.82, 2.24) is 4.98 Å². The fourth-order valence-corrected chi connectivity index (χ4v) is 1.97. The fourth-order valence-electron chi connectivity index (χ4n) is 1.97. The molecule has 2 aromatic rings. The Kier molecular flexibility index (Phi) is 4.78. The normalized spacial score (nSPS) is 10.2. The Morgan fingerprint density at radius 1 is 1.11 bits per heavy atom. The molecule has 1 aromatic carbocycles. The lowest BCUT2D eigenvalue weighted by Gasteiger charge is -2.11. The molecule has 0 aliphatic carbocycles. The zero-order valence-corrected chi connectivity index (χ0v) is 11.5. The highest BCUT2D eigenvalue weighted by molar-refractivity contribution is 5.37. The molecule has 3 nitrogen and oxygen atoms in total. The summed E-state index contributed by atoms with van der Waals surface area (Å²) in [6.07, 6.45) is 0.922. The third kappa shape index (κ3) is 3.98. The molecule has 0 amide bonds. The number of para-hydroxylation sites is 1. The minimum atomic E-state index is 0.698. The van der Waals surface area contributed by atoms with Gasteiger partial charge in [0.2, 0.25) is 0 Å². The first-order chi connectivity index (χ1) is 9.29. The number of nitrogens with zero attached hydrogens (tertiary/aromatic N) is 1. The highest BCUT2D eigenvalue weighted by Gasteiger charge is 2.02. The number of hydrogen-bond acceptors (Lipinski definition) is 3. The van der Waals surface area contributed by atoms with Crippen LogP contribution in [-0.4, -0.2) is 18.1 Å². The van der Waals surface area contributed by atoms with Gasteiger partial charge < -0.3 is 10.1 Å². The molecule has 19 heavy (non-hydrogen) atoms. The van der Waals surface area contributed by atoms with Crippen LogP contribution in [0.15, 0.2) is 42.5 Å². The van der Waals surface area contributed by atoms with Crippen LogP contribution in [0, 0.1) is 6.92 Å². The summed E-state index contributed by atoms with van der Waals surface area (Å²) in [5.74, 6) is 1.90. The van der Waals surface area contributed by atoms with Crippen LogP contribution in [0.3, 0.4) is 0 Å². The number of aromatic nitrogens is 1. The highest BCUT2D eigenvalue weighted by atomic mass is 16.5. The second kappa shape index (κ2) is 6.78. The lowest BCUT2D eigenvalue weighted by molar-refractivity contribution is 0.336. The van der Waals surface area contributed by atoms with Gasteiger partial charge in [-0.3, -0.25) is 0 Å². The largest absolute Gasteiger partial charge is 0.494 e. The molecule has 1 aromatic heterocycles. The summed E-state index contributed by atoms with van der Waals surface area (Å²) in [5, 5.41) is 3.34. The molecule has 1 N–H and O–H groups in total. The van der Waals surface area contributed by atoms with Gasteiger partial charge >= 0.3 is 0 Å².